The van der Waals surface area contributed by atoms with Crippen molar-refractivity contribution in [2.75, 3.05) is 44.3 Å². The molecule has 0 spiro atoms. The normalized spacial score (nSPS) is 23.8. The maximum Gasteiger partial charge on any atom is 0.254 e. The van der Waals surface area contributed by atoms with Gasteiger partial charge < -0.3 is 14.5 Å². The van der Waals surface area contributed by atoms with Crippen molar-refractivity contribution in [3.8, 4) is 0 Å². The van der Waals surface area contributed by atoms with Crippen LogP contribution in [-0.2, 0) is 11.2 Å². The summed E-state index contributed by atoms with van der Waals surface area (Å²) < 4.78 is 5.52. The first-order valence-electron chi connectivity index (χ1n) is 11.4. The van der Waals surface area contributed by atoms with E-state index < -0.39 is 0 Å². The van der Waals surface area contributed by atoms with Gasteiger partial charge in [0.1, 0.15) is 0 Å². The Morgan fingerprint density at radius 1 is 1.10 bits per heavy atom. The zero-order valence-corrected chi connectivity index (χ0v) is 18.2. The lowest BCUT2D eigenvalue weighted by molar-refractivity contribution is 0.0452. The lowest BCUT2D eigenvalue weighted by Crippen LogP contribution is -2.54. The topological polar surface area (TPSA) is 36.0 Å². The van der Waals surface area contributed by atoms with Gasteiger partial charge in [0, 0.05) is 62.0 Å². The molecule has 2 saturated heterocycles. The summed E-state index contributed by atoms with van der Waals surface area (Å²) in [5, 5.41) is 0. The van der Waals surface area contributed by atoms with Gasteiger partial charge in [-0.25, -0.2) is 0 Å². The number of carbonyl (C=O) groups is 1. The molecule has 2 atom stereocenters. The van der Waals surface area contributed by atoms with E-state index in [9.17, 15) is 4.79 Å². The van der Waals surface area contributed by atoms with Crippen LogP contribution in [0.5, 0.6) is 0 Å². The number of nitrogens with zero attached hydrogens (tertiary/aromatic N) is 3. The maximum absolute atomic E-state index is 13.2. The van der Waals surface area contributed by atoms with Crippen molar-refractivity contribution in [3.63, 3.8) is 0 Å². The van der Waals surface area contributed by atoms with Crippen LogP contribution in [0.25, 0.3) is 0 Å². The second-order valence-electron chi connectivity index (χ2n) is 8.97. The Balaban J connectivity index is 1.24. The number of carbonyl (C=O) groups excluding carboxylic acids is 1. The summed E-state index contributed by atoms with van der Waals surface area (Å²) in [6.07, 6.45) is 6.42. The fourth-order valence-corrected chi connectivity index (χ4v) is 5.03. The highest BCUT2D eigenvalue weighted by atomic mass is 16.5. The molecule has 2 aromatic carbocycles. The number of anilines is 2. The summed E-state index contributed by atoms with van der Waals surface area (Å²) in [7, 11) is 0. The molecule has 5 heteroatoms. The van der Waals surface area contributed by atoms with Gasteiger partial charge in [0.25, 0.3) is 5.91 Å². The van der Waals surface area contributed by atoms with Crippen LogP contribution in [0.1, 0.15) is 29.3 Å². The molecule has 3 heterocycles. The fraction of sp³-hybridized carbons (Fsp3) is 0.423. The zero-order valence-electron chi connectivity index (χ0n) is 18.2. The first-order valence-corrected chi connectivity index (χ1v) is 11.4. The van der Waals surface area contributed by atoms with Crippen molar-refractivity contribution >= 4 is 17.3 Å². The molecule has 162 valence electrons. The second kappa shape index (κ2) is 8.85. The molecule has 5 nitrogen and oxygen atoms in total. The molecule has 0 aliphatic carbocycles. The van der Waals surface area contributed by atoms with Gasteiger partial charge in [-0.2, -0.15) is 0 Å². The molecular weight excluding hydrogens is 386 g/mol. The van der Waals surface area contributed by atoms with Crippen molar-refractivity contribution in [2.45, 2.75) is 25.8 Å². The van der Waals surface area contributed by atoms with Crippen molar-refractivity contribution in [3.05, 3.63) is 71.9 Å². The van der Waals surface area contributed by atoms with Crippen LogP contribution >= 0.6 is 0 Å². The number of hydrogen-bond donors (Lipinski definition) is 0. The standard InChI is InChI=1S/C26H31N3O2/c1-20-17-27(18-21-12-16-31-19-21)14-15-28(20)26(30)23-8-10-24(11-9-23)29-13-4-6-22-5-2-3-7-25(22)29/h2-5,7-11,13,20-21H,6,12,14-19H2,1H3/t20-,21?/m0/s1. The summed E-state index contributed by atoms with van der Waals surface area (Å²) in [5.74, 6) is 0.786. The van der Waals surface area contributed by atoms with Crippen molar-refractivity contribution < 1.29 is 9.53 Å². The Kier molecular flexibility index (Phi) is 5.79. The summed E-state index contributed by atoms with van der Waals surface area (Å²) in [6.45, 7) is 7.71. The number of allylic oxidation sites excluding steroid dienone is 1. The molecule has 1 amide bonds. The molecule has 0 aromatic heterocycles. The molecule has 3 aliphatic heterocycles. The number of para-hydroxylation sites is 1. The highest BCUT2D eigenvalue weighted by Gasteiger charge is 2.30. The molecule has 0 N–H and O–H groups in total. The Morgan fingerprint density at radius 2 is 1.94 bits per heavy atom. The third-order valence-electron chi connectivity index (χ3n) is 6.75. The van der Waals surface area contributed by atoms with Crippen LogP contribution in [-0.4, -0.2) is 61.1 Å². The molecule has 0 saturated carbocycles. The van der Waals surface area contributed by atoms with E-state index >= 15 is 0 Å². The van der Waals surface area contributed by atoms with Gasteiger partial charge in [0.2, 0.25) is 0 Å². The summed E-state index contributed by atoms with van der Waals surface area (Å²) >= 11 is 0. The van der Waals surface area contributed by atoms with E-state index in [-0.39, 0.29) is 11.9 Å². The largest absolute Gasteiger partial charge is 0.381 e. The molecule has 0 radical (unpaired) electrons. The van der Waals surface area contributed by atoms with Crippen LogP contribution in [0, 0.1) is 5.92 Å². The molecule has 5 rings (SSSR count). The van der Waals surface area contributed by atoms with E-state index in [0.29, 0.717) is 5.92 Å². The lowest BCUT2D eigenvalue weighted by atomic mass is 10.0. The van der Waals surface area contributed by atoms with E-state index in [4.69, 9.17) is 4.74 Å². The molecule has 3 aliphatic rings. The smallest absolute Gasteiger partial charge is 0.254 e. The quantitative estimate of drug-likeness (QED) is 0.751. The average molecular weight is 418 g/mol. The van der Waals surface area contributed by atoms with Gasteiger partial charge in [0.05, 0.1) is 6.61 Å². The minimum atomic E-state index is 0.137. The van der Waals surface area contributed by atoms with E-state index in [0.717, 1.165) is 63.5 Å². The number of rotatable bonds is 4. The third kappa shape index (κ3) is 4.25. The van der Waals surface area contributed by atoms with Crippen LogP contribution in [0.4, 0.5) is 11.4 Å². The molecule has 31 heavy (non-hydrogen) atoms. The van der Waals surface area contributed by atoms with Crippen molar-refractivity contribution in [2.24, 2.45) is 5.92 Å². The Morgan fingerprint density at radius 3 is 2.71 bits per heavy atom. The number of piperazine rings is 1. The van der Waals surface area contributed by atoms with Crippen molar-refractivity contribution in [1.82, 2.24) is 9.80 Å². The van der Waals surface area contributed by atoms with E-state index in [2.05, 4.69) is 65.4 Å². The van der Waals surface area contributed by atoms with Crippen LogP contribution < -0.4 is 4.90 Å². The Bertz CT molecular complexity index is 949. The molecule has 1 unspecified atom stereocenters. The first-order chi connectivity index (χ1) is 15.2. The Hall–Kier alpha value is -2.63. The summed E-state index contributed by atoms with van der Waals surface area (Å²) in [6, 6.07) is 16.8. The minimum Gasteiger partial charge on any atom is -0.381 e. The van der Waals surface area contributed by atoms with Gasteiger partial charge >= 0.3 is 0 Å². The van der Waals surface area contributed by atoms with Crippen LogP contribution in [0.15, 0.2) is 60.8 Å². The summed E-state index contributed by atoms with van der Waals surface area (Å²) in [5.41, 5.74) is 4.38. The Labute approximate surface area is 184 Å². The van der Waals surface area contributed by atoms with Gasteiger partial charge in [-0.1, -0.05) is 24.3 Å². The van der Waals surface area contributed by atoms with Gasteiger partial charge in [-0.15, -0.1) is 0 Å². The van der Waals surface area contributed by atoms with E-state index in [1.165, 1.54) is 11.3 Å². The number of benzene rings is 2. The first kappa shape index (κ1) is 20.3. The van der Waals surface area contributed by atoms with E-state index in [1.807, 2.05) is 17.0 Å². The highest BCUT2D eigenvalue weighted by molar-refractivity contribution is 5.95. The van der Waals surface area contributed by atoms with Gasteiger partial charge in [-0.05, 0) is 61.6 Å². The predicted molar refractivity (Wildman–Crippen MR) is 124 cm³/mol. The predicted octanol–water partition coefficient (Wildman–Crippen LogP) is 4.08. The molecular formula is C26H31N3O2. The molecule has 0 bridgehead atoms. The monoisotopic (exact) mass is 417 g/mol. The van der Waals surface area contributed by atoms with Crippen LogP contribution in [0.2, 0.25) is 0 Å². The molecule has 2 aromatic rings. The number of hydrogen-bond acceptors (Lipinski definition) is 4. The SMILES string of the molecule is C[C@H]1CN(CC2CCOC2)CCN1C(=O)c1ccc(N2C=CCc3ccccc32)cc1. The molecule has 2 fully saturated rings. The summed E-state index contributed by atoms with van der Waals surface area (Å²) in [4.78, 5) is 19.9. The number of ether oxygens (including phenoxy) is 1. The van der Waals surface area contributed by atoms with Gasteiger partial charge in [-0.3, -0.25) is 9.69 Å². The highest BCUT2D eigenvalue weighted by Crippen LogP contribution is 2.32. The fourth-order valence-electron chi connectivity index (χ4n) is 5.03. The van der Waals surface area contributed by atoms with Crippen molar-refractivity contribution in [1.29, 1.82) is 0 Å². The zero-order chi connectivity index (χ0) is 21.2. The number of amides is 1. The lowest BCUT2D eigenvalue weighted by Gasteiger charge is -2.40. The number of fused-ring (bicyclic) bond motifs is 1. The third-order valence-corrected chi connectivity index (χ3v) is 6.75. The maximum atomic E-state index is 13.2. The van der Waals surface area contributed by atoms with Gasteiger partial charge in [0.15, 0.2) is 0 Å². The average Bonchev–Trinajstić information content (AvgIpc) is 3.32. The van der Waals surface area contributed by atoms with Crippen LogP contribution in [0.3, 0.4) is 0 Å². The minimum absolute atomic E-state index is 0.137. The van der Waals surface area contributed by atoms with E-state index in [1.54, 1.807) is 0 Å². The second-order valence-corrected chi connectivity index (χ2v) is 8.97.